The molecule has 1 aliphatic rings. The first-order valence-corrected chi connectivity index (χ1v) is 7.01. The summed E-state index contributed by atoms with van der Waals surface area (Å²) in [4.78, 5) is 14.0. The van der Waals surface area contributed by atoms with Gasteiger partial charge in [-0.3, -0.25) is 0 Å². The molecule has 0 radical (unpaired) electrons. The van der Waals surface area contributed by atoms with E-state index in [1.165, 1.54) is 0 Å². The first-order chi connectivity index (χ1) is 9.06. The number of nitrogens with two attached hydrogens (primary N) is 1. The normalized spacial score (nSPS) is 21.0. The minimum Gasteiger partial charge on any atom is -0.328 e. The Hall–Kier alpha value is -1.26. The maximum atomic E-state index is 12.2. The van der Waals surface area contributed by atoms with E-state index in [0.717, 1.165) is 31.6 Å². The number of carbonyl (C=O) groups is 1. The molecule has 2 unspecified atom stereocenters. The molecule has 1 saturated heterocycles. The molecule has 1 aromatic carbocycles. The van der Waals surface area contributed by atoms with Crippen molar-refractivity contribution in [3.63, 3.8) is 0 Å². The summed E-state index contributed by atoms with van der Waals surface area (Å²) in [6.07, 6.45) is 2.11. The highest BCUT2D eigenvalue weighted by molar-refractivity contribution is 6.30. The smallest absolute Gasteiger partial charge is 0.321 e. The number of carbonyl (C=O) groups excluding carboxylic acids is 1. The van der Waals surface area contributed by atoms with Gasteiger partial charge in [-0.25, -0.2) is 4.79 Å². The zero-order chi connectivity index (χ0) is 13.8. The Morgan fingerprint density at radius 2 is 2.16 bits per heavy atom. The molecule has 2 atom stereocenters. The second kappa shape index (κ2) is 6.26. The van der Waals surface area contributed by atoms with Gasteiger partial charge in [0.2, 0.25) is 0 Å². The Bertz CT molecular complexity index is 433. The van der Waals surface area contributed by atoms with E-state index >= 15 is 0 Å². The van der Waals surface area contributed by atoms with Crippen molar-refractivity contribution >= 4 is 23.3 Å². The summed E-state index contributed by atoms with van der Waals surface area (Å²) < 4.78 is 0. The highest BCUT2D eigenvalue weighted by Gasteiger charge is 2.25. The van der Waals surface area contributed by atoms with Gasteiger partial charge in [0, 0.05) is 29.8 Å². The van der Waals surface area contributed by atoms with E-state index in [2.05, 4.69) is 5.32 Å². The number of piperidine rings is 1. The molecule has 1 aromatic rings. The van der Waals surface area contributed by atoms with Crippen LogP contribution in [0, 0.1) is 5.92 Å². The van der Waals surface area contributed by atoms with Crippen LogP contribution >= 0.6 is 11.6 Å². The SMILES string of the molecule is CC(N)C1CCCN(C(=O)Nc2ccc(Cl)cc2)C1. The molecule has 104 valence electrons. The van der Waals surface area contributed by atoms with Gasteiger partial charge in [0.25, 0.3) is 0 Å². The van der Waals surface area contributed by atoms with Crippen LogP contribution in [0.4, 0.5) is 10.5 Å². The fourth-order valence-electron chi connectivity index (χ4n) is 2.36. The third-order valence-electron chi connectivity index (χ3n) is 3.58. The summed E-state index contributed by atoms with van der Waals surface area (Å²) in [5, 5.41) is 3.55. The maximum absolute atomic E-state index is 12.2. The summed E-state index contributed by atoms with van der Waals surface area (Å²) in [6, 6.07) is 7.19. The van der Waals surface area contributed by atoms with Gasteiger partial charge in [-0.05, 0) is 49.9 Å². The molecule has 1 heterocycles. The van der Waals surface area contributed by atoms with Gasteiger partial charge in [0.15, 0.2) is 0 Å². The molecule has 0 spiro atoms. The maximum Gasteiger partial charge on any atom is 0.321 e. The van der Waals surface area contributed by atoms with Crippen molar-refractivity contribution in [1.82, 2.24) is 4.90 Å². The van der Waals surface area contributed by atoms with Crippen LogP contribution in [0.5, 0.6) is 0 Å². The first kappa shape index (κ1) is 14.2. The minimum atomic E-state index is -0.0623. The average Bonchev–Trinajstić information content (AvgIpc) is 2.41. The largest absolute Gasteiger partial charge is 0.328 e. The van der Waals surface area contributed by atoms with E-state index in [9.17, 15) is 4.79 Å². The zero-order valence-electron chi connectivity index (χ0n) is 11.1. The Morgan fingerprint density at radius 1 is 1.47 bits per heavy atom. The fraction of sp³-hybridized carbons (Fsp3) is 0.500. The lowest BCUT2D eigenvalue weighted by molar-refractivity contribution is 0.169. The van der Waals surface area contributed by atoms with Crippen LogP contribution in [0.15, 0.2) is 24.3 Å². The zero-order valence-corrected chi connectivity index (χ0v) is 11.9. The molecule has 0 aliphatic carbocycles. The number of hydrogen-bond donors (Lipinski definition) is 2. The van der Waals surface area contributed by atoms with Crippen LogP contribution in [0.2, 0.25) is 5.02 Å². The number of benzene rings is 1. The number of hydrogen-bond acceptors (Lipinski definition) is 2. The molecule has 3 N–H and O–H groups in total. The number of halogens is 1. The number of likely N-dealkylation sites (tertiary alicyclic amines) is 1. The predicted octanol–water partition coefficient (Wildman–Crippen LogP) is 2.93. The molecule has 0 aromatic heterocycles. The van der Waals surface area contributed by atoms with Crippen molar-refractivity contribution in [3.05, 3.63) is 29.3 Å². The standard InChI is InChI=1S/C14H20ClN3O/c1-10(16)11-3-2-8-18(9-11)14(19)17-13-6-4-12(15)5-7-13/h4-7,10-11H,2-3,8-9,16H2,1H3,(H,17,19). The molecular weight excluding hydrogens is 262 g/mol. The molecule has 4 nitrogen and oxygen atoms in total. The second-order valence-electron chi connectivity index (χ2n) is 5.14. The topological polar surface area (TPSA) is 58.4 Å². The van der Waals surface area contributed by atoms with E-state index in [-0.39, 0.29) is 12.1 Å². The lowest BCUT2D eigenvalue weighted by Gasteiger charge is -2.34. The Labute approximate surface area is 118 Å². The van der Waals surface area contributed by atoms with Crippen LogP contribution in [0.1, 0.15) is 19.8 Å². The summed E-state index contributed by atoms with van der Waals surface area (Å²) in [5.74, 6) is 0.393. The van der Waals surface area contributed by atoms with Crippen LogP contribution in [0.3, 0.4) is 0 Å². The van der Waals surface area contributed by atoms with Gasteiger partial charge in [-0.2, -0.15) is 0 Å². The van der Waals surface area contributed by atoms with Crippen molar-refractivity contribution in [2.75, 3.05) is 18.4 Å². The van der Waals surface area contributed by atoms with Crippen molar-refractivity contribution in [2.24, 2.45) is 11.7 Å². The van der Waals surface area contributed by atoms with Gasteiger partial charge in [0.05, 0.1) is 0 Å². The minimum absolute atomic E-state index is 0.0623. The summed E-state index contributed by atoms with van der Waals surface area (Å²) in [5.41, 5.74) is 6.69. The van der Waals surface area contributed by atoms with Crippen molar-refractivity contribution in [1.29, 1.82) is 0 Å². The molecule has 5 heteroatoms. The van der Waals surface area contributed by atoms with Crippen LogP contribution < -0.4 is 11.1 Å². The van der Waals surface area contributed by atoms with E-state index in [1.54, 1.807) is 24.3 Å². The van der Waals surface area contributed by atoms with E-state index in [1.807, 2.05) is 11.8 Å². The number of amides is 2. The molecule has 1 fully saturated rings. The first-order valence-electron chi connectivity index (χ1n) is 6.63. The average molecular weight is 282 g/mol. The molecule has 19 heavy (non-hydrogen) atoms. The second-order valence-corrected chi connectivity index (χ2v) is 5.58. The molecular formula is C14H20ClN3O. The van der Waals surface area contributed by atoms with Gasteiger partial charge in [-0.15, -0.1) is 0 Å². The van der Waals surface area contributed by atoms with Gasteiger partial charge in [0.1, 0.15) is 0 Å². The summed E-state index contributed by atoms with van der Waals surface area (Å²) in [6.45, 7) is 3.53. The van der Waals surface area contributed by atoms with E-state index < -0.39 is 0 Å². The highest BCUT2D eigenvalue weighted by Crippen LogP contribution is 2.20. The van der Waals surface area contributed by atoms with Gasteiger partial charge >= 0.3 is 6.03 Å². The summed E-state index contributed by atoms with van der Waals surface area (Å²) in [7, 11) is 0. The fourth-order valence-corrected chi connectivity index (χ4v) is 2.49. The van der Waals surface area contributed by atoms with E-state index in [4.69, 9.17) is 17.3 Å². The number of nitrogens with one attached hydrogen (secondary N) is 1. The predicted molar refractivity (Wildman–Crippen MR) is 78.4 cm³/mol. The quantitative estimate of drug-likeness (QED) is 0.876. The third-order valence-corrected chi connectivity index (χ3v) is 3.84. The Morgan fingerprint density at radius 3 is 2.79 bits per heavy atom. The number of rotatable bonds is 2. The number of anilines is 1. The third kappa shape index (κ3) is 3.85. The van der Waals surface area contributed by atoms with E-state index in [0.29, 0.717) is 10.9 Å². The monoisotopic (exact) mass is 281 g/mol. The Kier molecular flexibility index (Phi) is 4.66. The number of urea groups is 1. The van der Waals surface area contributed by atoms with Gasteiger partial charge in [-0.1, -0.05) is 11.6 Å². The van der Waals surface area contributed by atoms with Crippen LogP contribution in [-0.2, 0) is 0 Å². The van der Waals surface area contributed by atoms with Crippen molar-refractivity contribution < 1.29 is 4.79 Å². The lowest BCUT2D eigenvalue weighted by Crippen LogP contribution is -2.46. The van der Waals surface area contributed by atoms with Crippen LogP contribution in [0.25, 0.3) is 0 Å². The number of nitrogens with zero attached hydrogens (tertiary/aromatic N) is 1. The van der Waals surface area contributed by atoms with Crippen LogP contribution in [-0.4, -0.2) is 30.1 Å². The molecule has 2 rings (SSSR count). The summed E-state index contributed by atoms with van der Waals surface area (Å²) >= 11 is 5.81. The van der Waals surface area contributed by atoms with Gasteiger partial charge < -0.3 is 16.0 Å². The Balaban J connectivity index is 1.94. The van der Waals surface area contributed by atoms with Crippen molar-refractivity contribution in [2.45, 2.75) is 25.8 Å². The molecule has 0 saturated carbocycles. The molecule has 2 amide bonds. The highest BCUT2D eigenvalue weighted by atomic mass is 35.5. The van der Waals surface area contributed by atoms with Crippen molar-refractivity contribution in [3.8, 4) is 0 Å². The lowest BCUT2D eigenvalue weighted by atomic mass is 9.92. The molecule has 0 bridgehead atoms. The molecule has 1 aliphatic heterocycles.